The number of fused-ring (bicyclic) bond motifs is 10. The number of ether oxygens (including phenoxy) is 2. The highest BCUT2D eigenvalue weighted by atomic mass is 28.3. The lowest BCUT2D eigenvalue weighted by atomic mass is 9.93. The summed E-state index contributed by atoms with van der Waals surface area (Å²) in [6, 6.07) is 75.7. The minimum Gasteiger partial charge on any atom is -0.469 e. The highest BCUT2D eigenvalue weighted by Gasteiger charge is 2.49. The first kappa shape index (κ1) is 32.4. The first-order valence-electron chi connectivity index (χ1n) is 19.9. The van der Waals surface area contributed by atoms with Crippen LogP contribution in [0.3, 0.4) is 0 Å². The molecule has 0 aromatic heterocycles. The van der Waals surface area contributed by atoms with Crippen LogP contribution in [-0.4, -0.2) is 20.5 Å². The zero-order chi connectivity index (χ0) is 37.5. The normalized spacial score (nSPS) is 19.4. The molecule has 4 nitrogen and oxygen atoms in total. The molecule has 272 valence electrons. The molecule has 0 saturated heterocycles. The van der Waals surface area contributed by atoms with Crippen LogP contribution in [0.2, 0.25) is 0 Å². The van der Waals surface area contributed by atoms with Gasteiger partial charge in [0.25, 0.3) is 0 Å². The molecule has 0 saturated carbocycles. The van der Waals surface area contributed by atoms with Crippen molar-refractivity contribution in [3.05, 3.63) is 229 Å². The summed E-state index contributed by atoms with van der Waals surface area (Å²) >= 11 is 0. The maximum atomic E-state index is 6.73. The second-order valence-electron chi connectivity index (χ2n) is 15.5. The number of hydrogen-bond acceptors (Lipinski definition) is 4. The van der Waals surface area contributed by atoms with E-state index in [0.717, 1.165) is 22.9 Å². The molecule has 0 radical (unpaired) electrons. The summed E-state index contributed by atoms with van der Waals surface area (Å²) < 4.78 is 13.5. The number of benzene rings is 8. The van der Waals surface area contributed by atoms with Gasteiger partial charge in [0.05, 0.1) is 11.8 Å². The summed E-state index contributed by atoms with van der Waals surface area (Å²) in [7, 11) is -2.82. The van der Waals surface area contributed by atoms with E-state index in [-0.39, 0.29) is 24.3 Å². The van der Waals surface area contributed by atoms with Crippen molar-refractivity contribution in [3.63, 3.8) is 0 Å². The summed E-state index contributed by atoms with van der Waals surface area (Å²) in [6.07, 6.45) is -0.259. The average Bonchev–Trinajstić information content (AvgIpc) is 4.02. The van der Waals surface area contributed by atoms with E-state index in [1.54, 1.807) is 0 Å². The molecule has 0 N–H and O–H groups in total. The highest BCUT2D eigenvalue weighted by Crippen LogP contribution is 2.55. The third-order valence-electron chi connectivity index (χ3n) is 12.7. The maximum Gasteiger partial charge on any atom is 0.187 e. The van der Waals surface area contributed by atoms with Gasteiger partial charge in [0.2, 0.25) is 0 Å². The molecule has 8 aromatic rings. The third kappa shape index (κ3) is 4.66. The van der Waals surface area contributed by atoms with Gasteiger partial charge in [0.1, 0.15) is 11.5 Å². The van der Waals surface area contributed by atoms with Crippen molar-refractivity contribution >= 4 is 51.6 Å². The fourth-order valence-corrected chi connectivity index (χ4v) is 15.1. The van der Waals surface area contributed by atoms with Gasteiger partial charge in [0, 0.05) is 33.9 Å². The summed E-state index contributed by atoms with van der Waals surface area (Å²) in [5, 5.41) is 5.35. The predicted molar refractivity (Wildman–Crippen MR) is 233 cm³/mol. The van der Waals surface area contributed by atoms with E-state index in [9.17, 15) is 0 Å². The van der Waals surface area contributed by atoms with Crippen LogP contribution in [-0.2, 0) is 0 Å². The van der Waals surface area contributed by atoms with Crippen LogP contribution in [0.4, 0.5) is 22.7 Å². The van der Waals surface area contributed by atoms with Gasteiger partial charge in [-0.1, -0.05) is 158 Å². The summed E-state index contributed by atoms with van der Waals surface area (Å²) in [4.78, 5) is 4.80. The molecule has 4 atom stereocenters. The van der Waals surface area contributed by atoms with Crippen molar-refractivity contribution in [2.45, 2.75) is 24.3 Å². The van der Waals surface area contributed by atoms with Crippen molar-refractivity contribution in [1.29, 1.82) is 0 Å². The van der Waals surface area contributed by atoms with E-state index < -0.39 is 8.07 Å². The minimum absolute atomic E-state index is 0.129. The van der Waals surface area contributed by atoms with Crippen LogP contribution in [0.1, 0.15) is 34.1 Å². The number of rotatable bonds is 6. The molecule has 0 aliphatic carbocycles. The first-order chi connectivity index (χ1) is 28.3. The Hall–Kier alpha value is -6.82. The van der Waals surface area contributed by atoms with E-state index in [2.05, 4.69) is 216 Å². The Morgan fingerprint density at radius 3 is 1.07 bits per heavy atom. The van der Waals surface area contributed by atoms with Crippen molar-refractivity contribution in [2.75, 3.05) is 9.80 Å². The number of nitrogens with zero attached hydrogens (tertiary/aromatic N) is 2. The topological polar surface area (TPSA) is 24.9 Å². The maximum absolute atomic E-state index is 6.73. The molecule has 4 aliphatic rings. The Morgan fingerprint density at radius 1 is 0.316 bits per heavy atom. The lowest BCUT2D eigenvalue weighted by molar-refractivity contribution is 0.234. The minimum atomic E-state index is -2.82. The van der Waals surface area contributed by atoms with Crippen molar-refractivity contribution in [1.82, 2.24) is 0 Å². The molecule has 0 amide bonds. The van der Waals surface area contributed by atoms with Crippen LogP contribution in [0.15, 0.2) is 206 Å². The van der Waals surface area contributed by atoms with Gasteiger partial charge in [-0.2, -0.15) is 0 Å². The van der Waals surface area contributed by atoms with E-state index in [1.165, 1.54) is 54.4 Å². The van der Waals surface area contributed by atoms with Crippen molar-refractivity contribution < 1.29 is 9.47 Å². The average molecular weight is 751 g/mol. The van der Waals surface area contributed by atoms with Gasteiger partial charge in [-0.15, -0.1) is 0 Å². The van der Waals surface area contributed by atoms with Crippen molar-refractivity contribution in [2.24, 2.45) is 0 Å². The lowest BCUT2D eigenvalue weighted by Gasteiger charge is -2.35. The zero-order valence-corrected chi connectivity index (χ0v) is 32.2. The lowest BCUT2D eigenvalue weighted by Crippen LogP contribution is -2.74. The molecule has 57 heavy (non-hydrogen) atoms. The van der Waals surface area contributed by atoms with Crippen LogP contribution in [0.5, 0.6) is 11.5 Å². The third-order valence-corrected chi connectivity index (χ3v) is 17.5. The zero-order valence-electron chi connectivity index (χ0n) is 31.2. The van der Waals surface area contributed by atoms with Crippen LogP contribution >= 0.6 is 0 Å². The quantitative estimate of drug-likeness (QED) is 0.125. The second kappa shape index (κ2) is 12.6. The molecule has 0 bridgehead atoms. The Morgan fingerprint density at radius 2 is 0.649 bits per heavy atom. The smallest absolute Gasteiger partial charge is 0.187 e. The Kier molecular flexibility index (Phi) is 7.17. The Labute approximate surface area is 333 Å². The van der Waals surface area contributed by atoms with Gasteiger partial charge >= 0.3 is 0 Å². The fourth-order valence-electron chi connectivity index (χ4n) is 10.3. The van der Waals surface area contributed by atoms with Crippen LogP contribution in [0.25, 0.3) is 0 Å². The van der Waals surface area contributed by atoms with Crippen molar-refractivity contribution in [3.8, 4) is 11.5 Å². The van der Waals surface area contributed by atoms with E-state index in [1.807, 2.05) is 0 Å². The molecular weight excluding hydrogens is 713 g/mol. The Bertz CT molecular complexity index is 2600. The predicted octanol–water partition coefficient (Wildman–Crippen LogP) is 9.07. The molecule has 12 rings (SSSR count). The van der Waals surface area contributed by atoms with Crippen LogP contribution in [0, 0.1) is 0 Å². The van der Waals surface area contributed by atoms with E-state index in [4.69, 9.17) is 9.47 Å². The molecule has 5 heteroatoms. The van der Waals surface area contributed by atoms with Gasteiger partial charge in [-0.25, -0.2) is 0 Å². The fraction of sp³-hybridized carbons (Fsp3) is 0.0769. The molecule has 4 aliphatic heterocycles. The number of hydrogen-bond donors (Lipinski definition) is 0. The Balaban J connectivity index is 0.985. The number of para-hydroxylation sites is 4. The van der Waals surface area contributed by atoms with Crippen LogP contribution < -0.4 is 40.0 Å². The first-order valence-corrected chi connectivity index (χ1v) is 21.9. The highest BCUT2D eigenvalue weighted by molar-refractivity contribution is 7.19. The molecule has 4 unspecified atom stereocenters. The van der Waals surface area contributed by atoms with E-state index >= 15 is 0 Å². The molecule has 4 heterocycles. The van der Waals surface area contributed by atoms with Gasteiger partial charge in [-0.3, -0.25) is 0 Å². The molecule has 8 aromatic carbocycles. The summed E-state index contributed by atoms with van der Waals surface area (Å²) in [6.45, 7) is 0. The van der Waals surface area contributed by atoms with Gasteiger partial charge < -0.3 is 19.3 Å². The second-order valence-corrected chi connectivity index (χ2v) is 19.3. The number of anilines is 4. The standard InChI is InChI=1S/C52H38N2O2Si/c1-3-15-37(16-4-1)57(38-17-5-2-6-18-38,39-31-27-35(28-32-39)53-45-23-11-7-19-41(45)49-43-21-9-13-25-47(43)55-51(49)53)40-33-29-36(30-34-40)54-46-24-12-8-20-42(46)50-44-22-10-14-26-48(44)56-52(50)54/h1-34,49-52H. The molecule has 0 fully saturated rings. The van der Waals surface area contributed by atoms with Gasteiger partial charge in [0.15, 0.2) is 20.5 Å². The summed E-state index contributed by atoms with van der Waals surface area (Å²) in [5.41, 5.74) is 9.82. The molecular formula is C52H38N2O2Si. The SMILES string of the molecule is c1ccc([Si](c2ccccc2)(c2ccc(N3c4ccccc4C4c5ccccc5OC43)cc2)c2ccc(N3c4ccccc4C4c5ccccc5OC43)cc2)cc1. The summed E-state index contributed by atoms with van der Waals surface area (Å²) in [5.74, 6) is 2.28. The van der Waals surface area contributed by atoms with Gasteiger partial charge in [-0.05, 0) is 80.4 Å². The van der Waals surface area contributed by atoms with E-state index in [0.29, 0.717) is 0 Å². The largest absolute Gasteiger partial charge is 0.469 e. The monoisotopic (exact) mass is 750 g/mol. The molecule has 0 spiro atoms.